The van der Waals surface area contributed by atoms with Gasteiger partial charge < -0.3 is 0 Å². The van der Waals surface area contributed by atoms with E-state index in [1.54, 1.807) is 12.1 Å². The zero-order valence-electron chi connectivity index (χ0n) is 14.4. The predicted octanol–water partition coefficient (Wildman–Crippen LogP) is 2.42. The molecule has 0 aliphatic heterocycles. The Labute approximate surface area is 152 Å². The fourth-order valence-electron chi connectivity index (χ4n) is 2.63. The van der Waals surface area contributed by atoms with Gasteiger partial charge in [0.1, 0.15) is 0 Å². The van der Waals surface area contributed by atoms with E-state index in [-0.39, 0.29) is 26.6 Å². The third kappa shape index (κ3) is 4.38. The minimum Gasteiger partial charge on any atom is -0.280 e. The smallest absolute Gasteiger partial charge is 0.280 e. The summed E-state index contributed by atoms with van der Waals surface area (Å²) in [5.41, 5.74) is 1.55. The van der Waals surface area contributed by atoms with Crippen LogP contribution in [0.25, 0.3) is 0 Å². The van der Waals surface area contributed by atoms with Crippen molar-refractivity contribution in [3.8, 4) is 0 Å². The summed E-state index contributed by atoms with van der Waals surface area (Å²) in [5.74, 6) is -1.22. The van der Waals surface area contributed by atoms with Crippen molar-refractivity contribution >= 4 is 25.5 Å². The Bertz CT molecular complexity index is 1040. The van der Waals surface area contributed by atoms with E-state index in [9.17, 15) is 26.9 Å². The Morgan fingerprint density at radius 3 is 1.92 bits per heavy atom. The van der Waals surface area contributed by atoms with Crippen molar-refractivity contribution in [2.45, 2.75) is 30.6 Å². The normalized spacial score (nSPS) is 12.0. The quantitative estimate of drug-likeness (QED) is 0.589. The molecule has 0 radical (unpaired) electrons. The largest absolute Gasteiger partial charge is 0.305 e. The Morgan fingerprint density at radius 2 is 1.46 bits per heavy atom. The Kier molecular flexibility index (Phi) is 5.38. The average Bonchev–Trinajstić information content (AvgIpc) is 2.44. The molecule has 0 saturated heterocycles. The summed E-state index contributed by atoms with van der Waals surface area (Å²) in [7, 11) is -7.95. The number of hydrogen-bond donors (Lipinski definition) is 1. The number of aryl methyl sites for hydroxylation is 3. The SMILES string of the molecule is Cc1ccc(S(=O)(=O)Nc2cc(C)c(S(=O)(=O)C[N+](=O)[O-])c(C)c2)cc1. The van der Waals surface area contributed by atoms with E-state index in [1.807, 2.05) is 6.92 Å². The molecule has 2 aromatic rings. The molecule has 0 fully saturated rings. The molecule has 10 heteroatoms. The van der Waals surface area contributed by atoms with Crippen molar-refractivity contribution in [2.75, 3.05) is 10.6 Å². The van der Waals surface area contributed by atoms with Gasteiger partial charge in [-0.05, 0) is 56.2 Å². The fourth-order valence-corrected chi connectivity index (χ4v) is 5.18. The van der Waals surface area contributed by atoms with E-state index in [0.717, 1.165) is 5.56 Å². The number of benzene rings is 2. The highest BCUT2D eigenvalue weighted by atomic mass is 32.2. The van der Waals surface area contributed by atoms with Crippen molar-refractivity contribution in [1.29, 1.82) is 0 Å². The summed E-state index contributed by atoms with van der Waals surface area (Å²) < 4.78 is 51.6. The highest BCUT2D eigenvalue weighted by molar-refractivity contribution is 7.92. The molecule has 0 saturated carbocycles. The van der Waals surface area contributed by atoms with Gasteiger partial charge in [0.05, 0.1) is 9.79 Å². The molecule has 0 aliphatic rings. The highest BCUT2D eigenvalue weighted by Gasteiger charge is 2.26. The van der Waals surface area contributed by atoms with Crippen LogP contribution in [0.2, 0.25) is 0 Å². The Hall–Kier alpha value is -2.46. The zero-order chi connectivity index (χ0) is 19.7. The molecular weight excluding hydrogens is 380 g/mol. The van der Waals surface area contributed by atoms with Crippen LogP contribution in [0.1, 0.15) is 16.7 Å². The summed E-state index contributed by atoms with van der Waals surface area (Å²) in [6.45, 7) is 4.76. The third-order valence-electron chi connectivity index (χ3n) is 3.63. The molecular formula is C16H18N2O6S2. The molecule has 2 aromatic carbocycles. The fraction of sp³-hybridized carbons (Fsp3) is 0.250. The molecule has 140 valence electrons. The highest BCUT2D eigenvalue weighted by Crippen LogP contribution is 2.27. The van der Waals surface area contributed by atoms with Crippen LogP contribution in [-0.2, 0) is 19.9 Å². The number of hydrogen-bond acceptors (Lipinski definition) is 6. The molecule has 0 bridgehead atoms. The van der Waals surface area contributed by atoms with Gasteiger partial charge >= 0.3 is 5.88 Å². The maximum absolute atomic E-state index is 12.4. The molecule has 0 aromatic heterocycles. The number of nitrogens with zero attached hydrogens (tertiary/aromatic N) is 1. The predicted molar refractivity (Wildman–Crippen MR) is 97.0 cm³/mol. The lowest BCUT2D eigenvalue weighted by Gasteiger charge is -2.13. The molecule has 0 heterocycles. The second kappa shape index (κ2) is 7.04. The molecule has 8 nitrogen and oxygen atoms in total. The van der Waals surface area contributed by atoms with Crippen molar-refractivity contribution in [2.24, 2.45) is 0 Å². The van der Waals surface area contributed by atoms with Gasteiger partial charge in [0, 0.05) is 10.6 Å². The minimum absolute atomic E-state index is 0.0726. The number of rotatable bonds is 6. The third-order valence-corrected chi connectivity index (χ3v) is 6.84. The number of nitrogens with one attached hydrogen (secondary N) is 1. The molecule has 0 unspecified atom stereocenters. The first kappa shape index (κ1) is 19.9. The van der Waals surface area contributed by atoms with Crippen LogP contribution in [0.15, 0.2) is 46.2 Å². The van der Waals surface area contributed by atoms with Crippen LogP contribution < -0.4 is 4.72 Å². The van der Waals surface area contributed by atoms with Crippen molar-refractivity contribution in [1.82, 2.24) is 0 Å². The molecule has 2 rings (SSSR count). The lowest BCUT2D eigenvalue weighted by atomic mass is 10.1. The standard InChI is InChI=1S/C16H18N2O6S2/c1-11-4-6-15(7-5-11)26(23,24)17-14-8-12(2)16(13(3)9-14)25(21,22)10-18(19)20/h4-9,17H,10H2,1-3H3. The topological polar surface area (TPSA) is 123 Å². The van der Waals surface area contributed by atoms with E-state index >= 15 is 0 Å². The minimum atomic E-state index is -4.11. The lowest BCUT2D eigenvalue weighted by Crippen LogP contribution is -2.18. The first-order chi connectivity index (χ1) is 11.9. The van der Waals surface area contributed by atoms with E-state index in [4.69, 9.17) is 0 Å². The van der Waals surface area contributed by atoms with Crippen LogP contribution in [0.5, 0.6) is 0 Å². The van der Waals surface area contributed by atoms with Gasteiger partial charge in [-0.1, -0.05) is 17.7 Å². The van der Waals surface area contributed by atoms with Crippen LogP contribution in [0, 0.1) is 30.9 Å². The number of sulfone groups is 1. The van der Waals surface area contributed by atoms with Crippen LogP contribution >= 0.6 is 0 Å². The van der Waals surface area contributed by atoms with Gasteiger partial charge in [-0.3, -0.25) is 14.8 Å². The average molecular weight is 398 g/mol. The summed E-state index contributed by atoms with van der Waals surface area (Å²) >= 11 is 0. The van der Waals surface area contributed by atoms with Crippen LogP contribution in [-0.4, -0.2) is 27.6 Å². The van der Waals surface area contributed by atoms with Gasteiger partial charge in [0.25, 0.3) is 10.0 Å². The number of sulfonamides is 1. The van der Waals surface area contributed by atoms with Crippen LogP contribution in [0.4, 0.5) is 5.69 Å². The molecule has 0 aliphatic carbocycles. The number of anilines is 1. The van der Waals surface area contributed by atoms with Crippen LogP contribution in [0.3, 0.4) is 0 Å². The number of nitro groups is 1. The molecule has 0 spiro atoms. The van der Waals surface area contributed by atoms with Crippen molar-refractivity contribution < 1.29 is 21.8 Å². The van der Waals surface area contributed by atoms with Gasteiger partial charge in [0.2, 0.25) is 9.84 Å². The van der Waals surface area contributed by atoms with Gasteiger partial charge in [-0.25, -0.2) is 16.8 Å². The van der Waals surface area contributed by atoms with E-state index in [0.29, 0.717) is 0 Å². The summed E-state index contributed by atoms with van der Waals surface area (Å²) in [6.07, 6.45) is 0. The molecule has 26 heavy (non-hydrogen) atoms. The molecule has 0 amide bonds. The molecule has 1 N–H and O–H groups in total. The van der Waals surface area contributed by atoms with Gasteiger partial charge in [-0.15, -0.1) is 0 Å². The van der Waals surface area contributed by atoms with Crippen molar-refractivity contribution in [3.05, 3.63) is 63.2 Å². The molecule has 0 atom stereocenters. The second-order valence-electron chi connectivity index (χ2n) is 5.93. The summed E-state index contributed by atoms with van der Waals surface area (Å²) in [6, 6.07) is 8.94. The zero-order valence-corrected chi connectivity index (χ0v) is 16.0. The van der Waals surface area contributed by atoms with Crippen molar-refractivity contribution in [3.63, 3.8) is 0 Å². The lowest BCUT2D eigenvalue weighted by molar-refractivity contribution is -0.458. The first-order valence-electron chi connectivity index (χ1n) is 7.48. The maximum atomic E-state index is 12.4. The summed E-state index contributed by atoms with van der Waals surface area (Å²) in [4.78, 5) is 9.58. The van der Waals surface area contributed by atoms with E-state index < -0.39 is 30.7 Å². The monoisotopic (exact) mass is 398 g/mol. The maximum Gasteiger partial charge on any atom is 0.305 e. The van der Waals surface area contributed by atoms with E-state index in [2.05, 4.69) is 4.72 Å². The first-order valence-corrected chi connectivity index (χ1v) is 10.6. The van der Waals surface area contributed by atoms with Gasteiger partial charge in [-0.2, -0.15) is 0 Å². The summed E-state index contributed by atoms with van der Waals surface area (Å²) in [5, 5.41) is 10.6. The Morgan fingerprint density at radius 1 is 0.962 bits per heavy atom. The Balaban J connectivity index is 2.42. The van der Waals surface area contributed by atoms with Gasteiger partial charge in [0.15, 0.2) is 0 Å². The second-order valence-corrected chi connectivity index (χ2v) is 9.51. The van der Waals surface area contributed by atoms with E-state index in [1.165, 1.54) is 38.1 Å².